The zero-order valence-electron chi connectivity index (χ0n) is 11.2. The first-order chi connectivity index (χ1) is 9.45. The van der Waals surface area contributed by atoms with E-state index >= 15 is 0 Å². The lowest BCUT2D eigenvalue weighted by Gasteiger charge is -2.14. The summed E-state index contributed by atoms with van der Waals surface area (Å²) in [5.41, 5.74) is -0.200. The standard InChI is InChI=1S/C13H16ClFN2O3/c1-8(12(18)16-5-6-20-2)17-13(19)10-7-9(14)3-4-11(10)15/h3-4,7-8H,5-6H2,1-2H3,(H,16,18)(H,17,19). The number of amides is 2. The molecule has 20 heavy (non-hydrogen) atoms. The van der Waals surface area contributed by atoms with Crippen LogP contribution in [-0.2, 0) is 9.53 Å². The lowest BCUT2D eigenvalue weighted by atomic mass is 10.2. The van der Waals surface area contributed by atoms with Crippen LogP contribution < -0.4 is 10.6 Å². The van der Waals surface area contributed by atoms with Crippen molar-refractivity contribution >= 4 is 23.4 Å². The number of carbonyl (C=O) groups excluding carboxylic acids is 2. The highest BCUT2D eigenvalue weighted by Crippen LogP contribution is 2.14. The Morgan fingerprint density at radius 3 is 2.80 bits per heavy atom. The fourth-order valence-corrected chi connectivity index (χ4v) is 1.61. The molecule has 0 saturated carbocycles. The molecule has 0 saturated heterocycles. The lowest BCUT2D eigenvalue weighted by Crippen LogP contribution is -2.45. The Morgan fingerprint density at radius 2 is 2.15 bits per heavy atom. The number of nitrogens with one attached hydrogen (secondary N) is 2. The van der Waals surface area contributed by atoms with Gasteiger partial charge in [-0.25, -0.2) is 4.39 Å². The molecule has 0 heterocycles. The molecule has 0 spiro atoms. The predicted octanol–water partition coefficient (Wildman–Crippen LogP) is 1.36. The van der Waals surface area contributed by atoms with Crippen molar-refractivity contribution in [2.45, 2.75) is 13.0 Å². The first kappa shape index (κ1) is 16.4. The van der Waals surface area contributed by atoms with E-state index in [9.17, 15) is 14.0 Å². The van der Waals surface area contributed by atoms with Gasteiger partial charge in [0.1, 0.15) is 11.9 Å². The van der Waals surface area contributed by atoms with Gasteiger partial charge in [0.25, 0.3) is 5.91 Å². The fraction of sp³-hybridized carbons (Fsp3) is 0.385. The molecule has 110 valence electrons. The van der Waals surface area contributed by atoms with Gasteiger partial charge in [0.05, 0.1) is 12.2 Å². The van der Waals surface area contributed by atoms with E-state index in [0.717, 1.165) is 6.07 Å². The zero-order valence-corrected chi connectivity index (χ0v) is 12.0. The van der Waals surface area contributed by atoms with Crippen molar-refractivity contribution in [1.29, 1.82) is 0 Å². The van der Waals surface area contributed by atoms with Gasteiger partial charge < -0.3 is 15.4 Å². The normalized spacial score (nSPS) is 11.8. The minimum atomic E-state index is -0.794. The summed E-state index contributed by atoms with van der Waals surface area (Å²) in [5, 5.41) is 5.21. The summed E-state index contributed by atoms with van der Waals surface area (Å²) in [6.07, 6.45) is 0. The lowest BCUT2D eigenvalue weighted by molar-refractivity contribution is -0.122. The van der Waals surface area contributed by atoms with E-state index in [0.29, 0.717) is 13.2 Å². The fourth-order valence-electron chi connectivity index (χ4n) is 1.44. The summed E-state index contributed by atoms with van der Waals surface area (Å²) in [7, 11) is 1.51. The molecule has 0 aliphatic carbocycles. The van der Waals surface area contributed by atoms with Crippen LogP contribution in [0.1, 0.15) is 17.3 Å². The Balaban J connectivity index is 2.61. The van der Waals surface area contributed by atoms with Crippen molar-refractivity contribution in [3.63, 3.8) is 0 Å². The largest absolute Gasteiger partial charge is 0.383 e. The van der Waals surface area contributed by atoms with Gasteiger partial charge in [-0.15, -0.1) is 0 Å². The first-order valence-corrected chi connectivity index (χ1v) is 6.36. The number of methoxy groups -OCH3 is 1. The van der Waals surface area contributed by atoms with Crippen LogP contribution in [0.5, 0.6) is 0 Å². The zero-order chi connectivity index (χ0) is 15.1. The first-order valence-electron chi connectivity index (χ1n) is 5.98. The Kier molecular flexibility index (Phi) is 6.41. The number of hydrogen-bond donors (Lipinski definition) is 2. The van der Waals surface area contributed by atoms with Gasteiger partial charge in [0, 0.05) is 18.7 Å². The number of carbonyl (C=O) groups is 2. The average molecular weight is 303 g/mol. The highest BCUT2D eigenvalue weighted by Gasteiger charge is 2.18. The molecule has 1 unspecified atom stereocenters. The molecule has 0 radical (unpaired) electrons. The highest BCUT2D eigenvalue weighted by molar-refractivity contribution is 6.31. The van der Waals surface area contributed by atoms with Gasteiger partial charge in [-0.1, -0.05) is 11.6 Å². The van der Waals surface area contributed by atoms with Gasteiger partial charge in [-0.05, 0) is 25.1 Å². The van der Waals surface area contributed by atoms with Gasteiger partial charge >= 0.3 is 0 Å². The molecular weight excluding hydrogens is 287 g/mol. The molecule has 0 aromatic heterocycles. The molecule has 2 N–H and O–H groups in total. The second-order valence-corrected chi connectivity index (χ2v) is 4.54. The van der Waals surface area contributed by atoms with Gasteiger partial charge in [-0.3, -0.25) is 9.59 Å². The minimum Gasteiger partial charge on any atom is -0.383 e. The van der Waals surface area contributed by atoms with Crippen LogP contribution >= 0.6 is 11.6 Å². The van der Waals surface area contributed by atoms with Gasteiger partial charge in [0.2, 0.25) is 5.91 Å². The van der Waals surface area contributed by atoms with Crippen LogP contribution in [0.4, 0.5) is 4.39 Å². The van der Waals surface area contributed by atoms with Crippen LogP contribution in [-0.4, -0.2) is 38.1 Å². The molecular formula is C13H16ClFN2O3. The molecule has 5 nitrogen and oxygen atoms in total. The topological polar surface area (TPSA) is 67.4 Å². The van der Waals surface area contributed by atoms with Crippen molar-refractivity contribution in [3.8, 4) is 0 Å². The van der Waals surface area contributed by atoms with E-state index in [1.807, 2.05) is 0 Å². The number of ether oxygens (including phenoxy) is 1. The molecule has 0 bridgehead atoms. The molecule has 0 aliphatic rings. The van der Waals surface area contributed by atoms with E-state index in [1.165, 1.54) is 26.2 Å². The maximum Gasteiger partial charge on any atom is 0.254 e. The molecule has 0 fully saturated rings. The smallest absolute Gasteiger partial charge is 0.254 e. The van der Waals surface area contributed by atoms with Crippen LogP contribution in [0.15, 0.2) is 18.2 Å². The SMILES string of the molecule is COCCNC(=O)C(C)NC(=O)c1cc(Cl)ccc1F. The summed E-state index contributed by atoms with van der Waals surface area (Å²) >= 11 is 5.70. The molecule has 0 aliphatic heterocycles. The van der Waals surface area contributed by atoms with Gasteiger partial charge in [0.15, 0.2) is 0 Å². The number of hydrogen-bond acceptors (Lipinski definition) is 3. The summed E-state index contributed by atoms with van der Waals surface area (Å²) in [5.74, 6) is -1.77. The highest BCUT2D eigenvalue weighted by atomic mass is 35.5. The van der Waals surface area contributed by atoms with Crippen LogP contribution in [0.2, 0.25) is 5.02 Å². The van der Waals surface area contributed by atoms with Crippen LogP contribution in [0.3, 0.4) is 0 Å². The third kappa shape index (κ3) is 4.79. The van der Waals surface area contributed by atoms with E-state index in [2.05, 4.69) is 10.6 Å². The van der Waals surface area contributed by atoms with Crippen molar-refractivity contribution < 1.29 is 18.7 Å². The Labute approximate surface area is 121 Å². The Hall–Kier alpha value is -1.66. The molecule has 1 rings (SSSR count). The monoisotopic (exact) mass is 302 g/mol. The summed E-state index contributed by atoms with van der Waals surface area (Å²) in [6, 6.07) is 2.86. The third-order valence-electron chi connectivity index (χ3n) is 2.52. The number of rotatable bonds is 6. The van der Waals surface area contributed by atoms with Crippen LogP contribution in [0, 0.1) is 5.82 Å². The molecule has 2 amide bonds. The predicted molar refractivity (Wildman–Crippen MR) is 73.2 cm³/mol. The van der Waals surface area contributed by atoms with E-state index in [4.69, 9.17) is 16.3 Å². The van der Waals surface area contributed by atoms with Crippen LogP contribution in [0.25, 0.3) is 0 Å². The minimum absolute atomic E-state index is 0.200. The van der Waals surface area contributed by atoms with E-state index in [-0.39, 0.29) is 16.5 Å². The summed E-state index contributed by atoms with van der Waals surface area (Å²) in [6.45, 7) is 2.21. The Bertz CT molecular complexity index is 497. The van der Waals surface area contributed by atoms with Gasteiger partial charge in [-0.2, -0.15) is 0 Å². The second kappa shape index (κ2) is 7.81. The molecule has 1 aromatic carbocycles. The molecule has 1 aromatic rings. The maximum atomic E-state index is 13.5. The average Bonchev–Trinajstić information content (AvgIpc) is 2.41. The summed E-state index contributed by atoms with van der Waals surface area (Å²) in [4.78, 5) is 23.5. The second-order valence-electron chi connectivity index (χ2n) is 4.10. The Morgan fingerprint density at radius 1 is 1.45 bits per heavy atom. The number of benzene rings is 1. The van der Waals surface area contributed by atoms with E-state index in [1.54, 1.807) is 0 Å². The number of halogens is 2. The molecule has 7 heteroatoms. The van der Waals surface area contributed by atoms with Crippen molar-refractivity contribution in [1.82, 2.24) is 10.6 Å². The maximum absolute atomic E-state index is 13.5. The summed E-state index contributed by atoms with van der Waals surface area (Å²) < 4.78 is 18.3. The van der Waals surface area contributed by atoms with Crippen molar-refractivity contribution in [2.24, 2.45) is 0 Å². The van der Waals surface area contributed by atoms with E-state index < -0.39 is 17.8 Å². The molecule has 1 atom stereocenters. The van der Waals surface area contributed by atoms with Crippen molar-refractivity contribution in [2.75, 3.05) is 20.3 Å². The third-order valence-corrected chi connectivity index (χ3v) is 2.75. The van der Waals surface area contributed by atoms with Crippen molar-refractivity contribution in [3.05, 3.63) is 34.6 Å². The quantitative estimate of drug-likeness (QED) is 0.780.